The predicted molar refractivity (Wildman–Crippen MR) is 68.2 cm³/mol. The summed E-state index contributed by atoms with van der Waals surface area (Å²) in [7, 11) is 0. The standard InChI is InChI=1S/C12H9BrClNO/c1-8-7-15-12(14)6-11(8)16-10-4-2-9(13)3-5-10/h2-7H,1H3. The van der Waals surface area contributed by atoms with E-state index in [1.54, 1.807) is 12.3 Å². The average Bonchev–Trinajstić information content (AvgIpc) is 2.27. The quantitative estimate of drug-likeness (QED) is 0.756. The van der Waals surface area contributed by atoms with Crippen LogP contribution in [0.5, 0.6) is 11.5 Å². The molecule has 1 heterocycles. The molecule has 0 spiro atoms. The molecule has 2 aromatic rings. The molecule has 0 N–H and O–H groups in total. The topological polar surface area (TPSA) is 22.1 Å². The molecule has 4 heteroatoms. The van der Waals surface area contributed by atoms with Crippen molar-refractivity contribution in [1.29, 1.82) is 0 Å². The third-order valence-corrected chi connectivity index (χ3v) is 2.80. The maximum atomic E-state index is 5.81. The molecule has 0 bridgehead atoms. The molecular formula is C12H9BrClNO. The van der Waals surface area contributed by atoms with Crippen molar-refractivity contribution in [2.24, 2.45) is 0 Å². The van der Waals surface area contributed by atoms with Crippen molar-refractivity contribution < 1.29 is 4.74 Å². The smallest absolute Gasteiger partial charge is 0.134 e. The third-order valence-electron chi connectivity index (χ3n) is 2.06. The zero-order valence-electron chi connectivity index (χ0n) is 8.58. The van der Waals surface area contributed by atoms with Crippen LogP contribution >= 0.6 is 27.5 Å². The highest BCUT2D eigenvalue weighted by molar-refractivity contribution is 9.10. The van der Waals surface area contributed by atoms with Crippen molar-refractivity contribution in [2.75, 3.05) is 0 Å². The number of aromatic nitrogens is 1. The molecule has 0 aliphatic heterocycles. The van der Waals surface area contributed by atoms with E-state index in [1.807, 2.05) is 31.2 Å². The minimum atomic E-state index is 0.428. The van der Waals surface area contributed by atoms with Crippen LogP contribution in [0.1, 0.15) is 5.56 Å². The summed E-state index contributed by atoms with van der Waals surface area (Å²) < 4.78 is 6.72. The largest absolute Gasteiger partial charge is 0.457 e. The maximum Gasteiger partial charge on any atom is 0.134 e. The zero-order valence-corrected chi connectivity index (χ0v) is 10.9. The van der Waals surface area contributed by atoms with Crippen LogP contribution in [-0.2, 0) is 0 Å². The van der Waals surface area contributed by atoms with Crippen LogP contribution in [0.4, 0.5) is 0 Å². The van der Waals surface area contributed by atoms with Gasteiger partial charge >= 0.3 is 0 Å². The number of halogens is 2. The van der Waals surface area contributed by atoms with E-state index >= 15 is 0 Å². The highest BCUT2D eigenvalue weighted by Gasteiger charge is 2.03. The summed E-state index contributed by atoms with van der Waals surface area (Å²) in [4.78, 5) is 3.97. The van der Waals surface area contributed by atoms with Crippen LogP contribution in [0.15, 0.2) is 41.0 Å². The van der Waals surface area contributed by atoms with Gasteiger partial charge in [-0.25, -0.2) is 4.98 Å². The van der Waals surface area contributed by atoms with Gasteiger partial charge in [0.25, 0.3) is 0 Å². The minimum Gasteiger partial charge on any atom is -0.457 e. The molecule has 82 valence electrons. The first kappa shape index (κ1) is 11.4. The molecular weight excluding hydrogens is 289 g/mol. The number of benzene rings is 1. The van der Waals surface area contributed by atoms with E-state index in [4.69, 9.17) is 16.3 Å². The number of ether oxygens (including phenoxy) is 1. The molecule has 16 heavy (non-hydrogen) atoms. The Morgan fingerprint density at radius 1 is 1.25 bits per heavy atom. The van der Waals surface area contributed by atoms with Crippen LogP contribution in [-0.4, -0.2) is 4.98 Å². The Hall–Kier alpha value is -1.06. The van der Waals surface area contributed by atoms with Crippen molar-refractivity contribution in [2.45, 2.75) is 6.92 Å². The number of aryl methyl sites for hydroxylation is 1. The fourth-order valence-corrected chi connectivity index (χ4v) is 1.63. The summed E-state index contributed by atoms with van der Waals surface area (Å²) in [5, 5.41) is 0.428. The van der Waals surface area contributed by atoms with Gasteiger partial charge in [-0.1, -0.05) is 27.5 Å². The monoisotopic (exact) mass is 297 g/mol. The lowest BCUT2D eigenvalue weighted by atomic mass is 10.3. The fraction of sp³-hybridized carbons (Fsp3) is 0.0833. The molecule has 0 amide bonds. The van der Waals surface area contributed by atoms with Crippen molar-refractivity contribution in [3.63, 3.8) is 0 Å². The fourth-order valence-electron chi connectivity index (χ4n) is 1.22. The van der Waals surface area contributed by atoms with E-state index in [9.17, 15) is 0 Å². The summed E-state index contributed by atoms with van der Waals surface area (Å²) in [5.74, 6) is 1.50. The van der Waals surface area contributed by atoms with Crippen LogP contribution in [0.3, 0.4) is 0 Å². The van der Waals surface area contributed by atoms with Crippen molar-refractivity contribution in [1.82, 2.24) is 4.98 Å². The maximum absolute atomic E-state index is 5.81. The van der Waals surface area contributed by atoms with E-state index < -0.39 is 0 Å². The Labute approximate surface area is 107 Å². The van der Waals surface area contributed by atoms with Crippen LogP contribution in [0, 0.1) is 6.92 Å². The number of hydrogen-bond donors (Lipinski definition) is 0. The van der Waals surface area contributed by atoms with E-state index in [0.29, 0.717) is 5.15 Å². The van der Waals surface area contributed by atoms with Crippen molar-refractivity contribution in [3.05, 3.63) is 51.7 Å². The number of nitrogens with zero attached hydrogens (tertiary/aromatic N) is 1. The molecule has 0 aliphatic carbocycles. The van der Waals surface area contributed by atoms with Gasteiger partial charge in [0, 0.05) is 22.3 Å². The average molecular weight is 299 g/mol. The molecule has 0 saturated heterocycles. The first-order valence-electron chi connectivity index (χ1n) is 4.71. The lowest BCUT2D eigenvalue weighted by molar-refractivity contribution is 0.478. The van der Waals surface area contributed by atoms with Gasteiger partial charge in [0.05, 0.1) is 0 Å². The highest BCUT2D eigenvalue weighted by Crippen LogP contribution is 2.27. The van der Waals surface area contributed by atoms with Crippen LogP contribution < -0.4 is 4.74 Å². The third kappa shape index (κ3) is 2.74. The number of rotatable bonds is 2. The number of hydrogen-bond acceptors (Lipinski definition) is 2. The molecule has 0 atom stereocenters. The molecule has 0 aliphatic rings. The zero-order chi connectivity index (χ0) is 11.5. The first-order valence-corrected chi connectivity index (χ1v) is 5.88. The summed E-state index contributed by atoms with van der Waals surface area (Å²) >= 11 is 9.18. The van der Waals surface area contributed by atoms with Gasteiger partial charge in [-0.3, -0.25) is 0 Å². The normalized spacial score (nSPS) is 10.2. The van der Waals surface area contributed by atoms with E-state index in [-0.39, 0.29) is 0 Å². The van der Waals surface area contributed by atoms with Gasteiger partial charge in [0.2, 0.25) is 0 Å². The lowest BCUT2D eigenvalue weighted by Gasteiger charge is -2.08. The number of pyridine rings is 1. The van der Waals surface area contributed by atoms with Crippen molar-refractivity contribution in [3.8, 4) is 11.5 Å². The molecule has 0 unspecified atom stereocenters. The lowest BCUT2D eigenvalue weighted by Crippen LogP contribution is -1.88. The Balaban J connectivity index is 2.26. The SMILES string of the molecule is Cc1cnc(Cl)cc1Oc1ccc(Br)cc1. The molecule has 1 aromatic heterocycles. The van der Waals surface area contributed by atoms with Crippen LogP contribution in [0.25, 0.3) is 0 Å². The van der Waals surface area contributed by atoms with E-state index in [2.05, 4.69) is 20.9 Å². The van der Waals surface area contributed by atoms with Gasteiger partial charge < -0.3 is 4.74 Å². The highest BCUT2D eigenvalue weighted by atomic mass is 79.9. The van der Waals surface area contributed by atoms with Gasteiger partial charge in [-0.2, -0.15) is 0 Å². The molecule has 0 radical (unpaired) electrons. The van der Waals surface area contributed by atoms with E-state index in [1.165, 1.54) is 0 Å². The van der Waals surface area contributed by atoms with E-state index in [0.717, 1.165) is 21.5 Å². The summed E-state index contributed by atoms with van der Waals surface area (Å²) in [5.41, 5.74) is 0.951. The second-order valence-electron chi connectivity index (χ2n) is 3.33. The molecule has 0 saturated carbocycles. The first-order chi connectivity index (χ1) is 7.65. The van der Waals surface area contributed by atoms with Gasteiger partial charge in [0.1, 0.15) is 16.7 Å². The molecule has 1 aromatic carbocycles. The molecule has 0 fully saturated rings. The Morgan fingerprint density at radius 2 is 1.94 bits per heavy atom. The van der Waals surface area contributed by atoms with Crippen molar-refractivity contribution >= 4 is 27.5 Å². The molecule has 2 nitrogen and oxygen atoms in total. The molecule has 2 rings (SSSR count). The van der Waals surface area contributed by atoms with Gasteiger partial charge in [-0.15, -0.1) is 0 Å². The van der Waals surface area contributed by atoms with Crippen LogP contribution in [0.2, 0.25) is 5.15 Å². The summed E-state index contributed by atoms with van der Waals surface area (Å²) in [6.45, 7) is 1.93. The second-order valence-corrected chi connectivity index (χ2v) is 4.63. The Morgan fingerprint density at radius 3 is 2.62 bits per heavy atom. The summed E-state index contributed by atoms with van der Waals surface area (Å²) in [6, 6.07) is 9.33. The van der Waals surface area contributed by atoms with Gasteiger partial charge in [-0.05, 0) is 31.2 Å². The summed E-state index contributed by atoms with van der Waals surface area (Å²) in [6.07, 6.45) is 1.69. The Bertz CT molecular complexity index is 499. The minimum absolute atomic E-state index is 0.428. The van der Waals surface area contributed by atoms with Gasteiger partial charge in [0.15, 0.2) is 0 Å². The predicted octanol–water partition coefficient (Wildman–Crippen LogP) is 4.60. The second kappa shape index (κ2) is 4.85. The Kier molecular flexibility index (Phi) is 3.46.